The van der Waals surface area contributed by atoms with E-state index in [9.17, 15) is 14.9 Å². The molecule has 3 aromatic carbocycles. The first-order valence-corrected chi connectivity index (χ1v) is 10.4. The van der Waals surface area contributed by atoms with Crippen LogP contribution in [0.15, 0.2) is 77.7 Å². The molecule has 0 saturated heterocycles. The fourth-order valence-corrected chi connectivity index (χ4v) is 4.09. The molecule has 8 nitrogen and oxygen atoms in total. The van der Waals surface area contributed by atoms with Gasteiger partial charge in [-0.1, -0.05) is 35.9 Å². The monoisotopic (exact) mass is 440 g/mol. The van der Waals surface area contributed by atoms with Crippen LogP contribution in [-0.2, 0) is 13.6 Å². The molecule has 0 radical (unpaired) electrons. The summed E-state index contributed by atoms with van der Waals surface area (Å²) in [5.74, 6) is 0.881. The van der Waals surface area contributed by atoms with Crippen molar-refractivity contribution in [3.63, 3.8) is 0 Å². The average molecular weight is 440 g/mol. The predicted octanol–water partition coefficient (Wildman–Crippen LogP) is 4.95. The maximum Gasteiger partial charge on any atom is 0.291 e. The van der Waals surface area contributed by atoms with Crippen LogP contribution in [0.3, 0.4) is 0 Å². The Morgan fingerprint density at radius 3 is 2.58 bits per heavy atom. The first kappa shape index (κ1) is 20.4. The molecule has 0 atom stereocenters. The molecule has 0 aliphatic rings. The molecular weight excluding hydrogens is 420 g/mol. The normalized spacial score (nSPS) is 11.2. The Morgan fingerprint density at radius 2 is 1.79 bits per heavy atom. The summed E-state index contributed by atoms with van der Waals surface area (Å²) in [5.41, 5.74) is 3.28. The van der Waals surface area contributed by atoms with E-state index >= 15 is 0 Å². The highest BCUT2D eigenvalue weighted by Gasteiger charge is 2.15. The Morgan fingerprint density at radius 1 is 1.00 bits per heavy atom. The minimum Gasteiger partial charge on any atom is -0.457 e. The second-order valence-electron chi connectivity index (χ2n) is 7.95. The lowest BCUT2D eigenvalue weighted by atomic mass is 10.1. The lowest BCUT2D eigenvalue weighted by Gasteiger charge is -2.07. The van der Waals surface area contributed by atoms with Crippen LogP contribution in [0, 0.1) is 17.0 Å². The van der Waals surface area contributed by atoms with Crippen LogP contribution >= 0.6 is 0 Å². The standard InChI is InChI=1S/C25H20N4O4/c1-16-5-3-6-17(11-16)15-28-25(30)24-22(14-26-28)21-10-9-20(13-23(21)27(24)2)33-19-8-4-7-18(12-19)29(31)32/h3-14H,15H2,1-2H3. The van der Waals surface area contributed by atoms with Gasteiger partial charge in [-0.25, -0.2) is 4.68 Å². The molecule has 0 bridgehead atoms. The van der Waals surface area contributed by atoms with Crippen LogP contribution in [0.2, 0.25) is 0 Å². The van der Waals surface area contributed by atoms with Crippen molar-refractivity contribution >= 4 is 27.5 Å². The van der Waals surface area contributed by atoms with E-state index in [4.69, 9.17) is 4.74 Å². The average Bonchev–Trinajstić information content (AvgIpc) is 3.08. The minimum atomic E-state index is -0.464. The molecule has 0 spiro atoms. The number of hydrogen-bond acceptors (Lipinski definition) is 5. The molecule has 0 fully saturated rings. The zero-order chi connectivity index (χ0) is 23.1. The van der Waals surface area contributed by atoms with E-state index in [0.29, 0.717) is 23.6 Å². The van der Waals surface area contributed by atoms with E-state index in [1.807, 2.05) is 54.9 Å². The molecular formula is C25H20N4O4. The number of nitro benzene ring substituents is 1. The molecule has 2 aromatic heterocycles. The lowest BCUT2D eigenvalue weighted by molar-refractivity contribution is -0.384. The predicted molar refractivity (Wildman–Crippen MR) is 126 cm³/mol. The molecule has 0 aliphatic heterocycles. The summed E-state index contributed by atoms with van der Waals surface area (Å²) in [4.78, 5) is 23.8. The number of benzene rings is 3. The third-order valence-electron chi connectivity index (χ3n) is 5.65. The Kier molecular flexibility index (Phi) is 4.90. The van der Waals surface area contributed by atoms with Crippen molar-refractivity contribution in [3.8, 4) is 11.5 Å². The smallest absolute Gasteiger partial charge is 0.291 e. The molecule has 0 N–H and O–H groups in total. The van der Waals surface area contributed by atoms with Crippen LogP contribution in [-0.4, -0.2) is 19.3 Å². The first-order chi connectivity index (χ1) is 15.9. The van der Waals surface area contributed by atoms with Crippen molar-refractivity contribution in [2.45, 2.75) is 13.5 Å². The number of aromatic nitrogens is 3. The Bertz CT molecular complexity index is 1600. The van der Waals surface area contributed by atoms with Crippen LogP contribution in [0.25, 0.3) is 21.8 Å². The largest absolute Gasteiger partial charge is 0.457 e. The van der Waals surface area contributed by atoms with Crippen molar-refractivity contribution in [1.82, 2.24) is 14.3 Å². The number of ether oxygens (including phenoxy) is 1. The Labute approximate surface area is 188 Å². The quantitative estimate of drug-likeness (QED) is 0.285. The summed E-state index contributed by atoms with van der Waals surface area (Å²) in [7, 11) is 1.83. The van der Waals surface area contributed by atoms with Gasteiger partial charge in [0.1, 0.15) is 17.0 Å². The summed E-state index contributed by atoms with van der Waals surface area (Å²) in [6, 6.07) is 19.5. The molecule has 33 heavy (non-hydrogen) atoms. The van der Waals surface area contributed by atoms with Gasteiger partial charge in [0, 0.05) is 30.0 Å². The molecule has 164 valence electrons. The minimum absolute atomic E-state index is 0.0431. The third kappa shape index (κ3) is 3.71. The summed E-state index contributed by atoms with van der Waals surface area (Å²) < 4.78 is 9.16. The molecule has 0 aliphatic carbocycles. The van der Waals surface area contributed by atoms with E-state index in [1.165, 1.54) is 16.8 Å². The van der Waals surface area contributed by atoms with Crippen molar-refractivity contribution in [2.24, 2.45) is 7.05 Å². The van der Waals surface area contributed by atoms with Gasteiger partial charge in [0.2, 0.25) is 0 Å². The van der Waals surface area contributed by atoms with Gasteiger partial charge in [-0.2, -0.15) is 5.10 Å². The number of aryl methyl sites for hydroxylation is 2. The molecule has 0 unspecified atom stereocenters. The molecule has 2 heterocycles. The van der Waals surface area contributed by atoms with Crippen LogP contribution < -0.4 is 10.3 Å². The van der Waals surface area contributed by atoms with Crippen LogP contribution in [0.4, 0.5) is 5.69 Å². The topological polar surface area (TPSA) is 92.2 Å². The van der Waals surface area contributed by atoms with Crippen molar-refractivity contribution < 1.29 is 9.66 Å². The van der Waals surface area contributed by atoms with Gasteiger partial charge in [0.05, 0.1) is 29.2 Å². The Hall–Kier alpha value is -4.46. The molecule has 5 aromatic rings. The number of non-ortho nitro benzene ring substituents is 1. The summed E-state index contributed by atoms with van der Waals surface area (Å²) in [6.45, 7) is 2.40. The lowest BCUT2D eigenvalue weighted by Crippen LogP contribution is -2.24. The zero-order valence-electron chi connectivity index (χ0n) is 18.1. The fourth-order valence-electron chi connectivity index (χ4n) is 4.09. The number of hydrogen-bond donors (Lipinski definition) is 0. The van der Waals surface area contributed by atoms with E-state index in [2.05, 4.69) is 5.10 Å². The molecule has 0 amide bonds. The summed E-state index contributed by atoms with van der Waals surface area (Å²) in [6.07, 6.45) is 1.72. The summed E-state index contributed by atoms with van der Waals surface area (Å²) >= 11 is 0. The SMILES string of the molecule is Cc1cccc(Cn2ncc3c4ccc(Oc5cccc([N+](=O)[O-])c5)cc4n(C)c3c2=O)c1. The van der Waals surface area contributed by atoms with Gasteiger partial charge < -0.3 is 9.30 Å². The van der Waals surface area contributed by atoms with Crippen LogP contribution in [0.1, 0.15) is 11.1 Å². The van der Waals surface area contributed by atoms with E-state index in [-0.39, 0.29) is 11.2 Å². The highest BCUT2D eigenvalue weighted by atomic mass is 16.6. The first-order valence-electron chi connectivity index (χ1n) is 10.4. The highest BCUT2D eigenvalue weighted by Crippen LogP contribution is 2.31. The van der Waals surface area contributed by atoms with Gasteiger partial charge in [0.25, 0.3) is 11.2 Å². The molecule has 0 saturated carbocycles. The van der Waals surface area contributed by atoms with Gasteiger partial charge >= 0.3 is 0 Å². The number of fused-ring (bicyclic) bond motifs is 3. The second-order valence-corrected chi connectivity index (χ2v) is 7.95. The second kappa shape index (κ2) is 7.90. The van der Waals surface area contributed by atoms with Crippen molar-refractivity contribution in [2.75, 3.05) is 0 Å². The number of nitrogens with zero attached hydrogens (tertiary/aromatic N) is 4. The zero-order valence-corrected chi connectivity index (χ0v) is 18.1. The maximum atomic E-state index is 13.3. The van der Waals surface area contributed by atoms with E-state index < -0.39 is 4.92 Å². The van der Waals surface area contributed by atoms with E-state index in [1.54, 1.807) is 24.4 Å². The Balaban J connectivity index is 1.55. The third-order valence-corrected chi connectivity index (χ3v) is 5.65. The van der Waals surface area contributed by atoms with Crippen LogP contribution in [0.5, 0.6) is 11.5 Å². The van der Waals surface area contributed by atoms with Gasteiger partial charge in [-0.3, -0.25) is 14.9 Å². The number of nitro groups is 1. The van der Waals surface area contributed by atoms with Crippen molar-refractivity contribution in [3.05, 3.63) is 105 Å². The van der Waals surface area contributed by atoms with Crippen molar-refractivity contribution in [1.29, 1.82) is 0 Å². The summed E-state index contributed by atoms with van der Waals surface area (Å²) in [5, 5.41) is 17.1. The van der Waals surface area contributed by atoms with Gasteiger partial charge in [-0.05, 0) is 30.7 Å². The van der Waals surface area contributed by atoms with Gasteiger partial charge in [0.15, 0.2) is 0 Å². The maximum absolute atomic E-state index is 13.3. The number of rotatable bonds is 5. The molecule has 5 rings (SSSR count). The molecule has 8 heteroatoms. The van der Waals surface area contributed by atoms with E-state index in [0.717, 1.165) is 27.4 Å². The highest BCUT2D eigenvalue weighted by molar-refractivity contribution is 6.07. The van der Waals surface area contributed by atoms with Gasteiger partial charge in [-0.15, -0.1) is 0 Å². The fraction of sp³-hybridized carbons (Fsp3) is 0.120.